The summed E-state index contributed by atoms with van der Waals surface area (Å²) in [6.45, 7) is 1.49. The first-order valence-electron chi connectivity index (χ1n) is 8.45. The molecule has 2 aromatic carbocycles. The van der Waals surface area contributed by atoms with Gasteiger partial charge >= 0.3 is 0 Å². The van der Waals surface area contributed by atoms with E-state index in [1.165, 1.54) is 0 Å². The molecule has 4 nitrogen and oxygen atoms in total. The van der Waals surface area contributed by atoms with Crippen molar-refractivity contribution in [2.45, 2.75) is 25.0 Å². The number of aliphatic hydroxyl groups is 1. The monoisotopic (exact) mass is 378 g/mol. The lowest BCUT2D eigenvalue weighted by atomic mass is 10.1. The molecule has 6 heteroatoms. The maximum atomic E-state index is 10.7. The number of benzene rings is 2. The van der Waals surface area contributed by atoms with Gasteiger partial charge in [-0.3, -0.25) is 0 Å². The first kappa shape index (κ1) is 17.0. The van der Waals surface area contributed by atoms with Crippen LogP contribution in [0.15, 0.2) is 30.3 Å². The fraction of sp³-hybridized carbons (Fsp3) is 0.368. The van der Waals surface area contributed by atoms with Gasteiger partial charge in [-0.1, -0.05) is 23.2 Å². The zero-order valence-corrected chi connectivity index (χ0v) is 15.4. The molecule has 1 aliphatic heterocycles. The van der Waals surface area contributed by atoms with Crippen LogP contribution >= 0.6 is 23.2 Å². The van der Waals surface area contributed by atoms with Crippen molar-refractivity contribution in [3.05, 3.63) is 40.4 Å². The molecule has 0 amide bonds. The first-order valence-corrected chi connectivity index (χ1v) is 9.21. The standard InChI is InChI=1S/C19H20Cl2N2O2/c1-25-18-9-12(21)8-14-13-7-11(20)4-5-15(13)23(19(14)18)16-3-2-6-22-10-17(16)24/h4-5,7-9,16-17,22,24H,2-3,6,10H2,1H3/t16-,17-/m1/s1. The Bertz CT molecular complexity index is 938. The van der Waals surface area contributed by atoms with Crippen LogP contribution in [0.25, 0.3) is 21.8 Å². The summed E-state index contributed by atoms with van der Waals surface area (Å²) in [7, 11) is 1.64. The summed E-state index contributed by atoms with van der Waals surface area (Å²) in [5, 5.41) is 17.3. The third kappa shape index (κ3) is 2.87. The van der Waals surface area contributed by atoms with Gasteiger partial charge in [0.1, 0.15) is 5.75 Å². The van der Waals surface area contributed by atoms with Gasteiger partial charge in [0.25, 0.3) is 0 Å². The van der Waals surface area contributed by atoms with Gasteiger partial charge in [-0.05, 0) is 43.7 Å². The Labute approximate surface area is 156 Å². The Morgan fingerprint density at radius 2 is 1.96 bits per heavy atom. The van der Waals surface area contributed by atoms with Gasteiger partial charge < -0.3 is 19.7 Å². The van der Waals surface area contributed by atoms with Crippen molar-refractivity contribution >= 4 is 45.0 Å². The number of fused-ring (bicyclic) bond motifs is 3. The van der Waals surface area contributed by atoms with Gasteiger partial charge in [0, 0.05) is 38.9 Å². The number of aliphatic hydroxyl groups excluding tert-OH is 1. The summed E-state index contributed by atoms with van der Waals surface area (Å²) in [5.74, 6) is 0.708. The van der Waals surface area contributed by atoms with Gasteiger partial charge in [-0.2, -0.15) is 0 Å². The summed E-state index contributed by atoms with van der Waals surface area (Å²) in [4.78, 5) is 0. The van der Waals surface area contributed by atoms with E-state index in [0.717, 1.165) is 41.2 Å². The molecule has 0 aliphatic carbocycles. The molecular formula is C19H20Cl2N2O2. The predicted octanol–water partition coefficient (Wildman–Crippen LogP) is 4.40. The Morgan fingerprint density at radius 3 is 2.76 bits per heavy atom. The van der Waals surface area contributed by atoms with Crippen LogP contribution in [0.4, 0.5) is 0 Å². The van der Waals surface area contributed by atoms with Crippen LogP contribution in [-0.4, -0.2) is 36.0 Å². The number of hydrogen-bond acceptors (Lipinski definition) is 3. The summed E-state index contributed by atoms with van der Waals surface area (Å²) in [5.41, 5.74) is 1.99. The quantitative estimate of drug-likeness (QED) is 0.694. The number of aromatic nitrogens is 1. The number of ether oxygens (including phenoxy) is 1. The van der Waals surface area contributed by atoms with E-state index in [9.17, 15) is 5.11 Å². The summed E-state index contributed by atoms with van der Waals surface area (Å²) in [6.07, 6.45) is 1.42. The molecule has 132 valence electrons. The molecule has 25 heavy (non-hydrogen) atoms. The number of β-amino-alcohol motifs (C(OH)–C–C–N with tert-alkyl or cyclic N) is 1. The minimum atomic E-state index is -0.475. The van der Waals surface area contributed by atoms with Crippen LogP contribution in [0.3, 0.4) is 0 Å². The lowest BCUT2D eigenvalue weighted by Gasteiger charge is -2.25. The highest BCUT2D eigenvalue weighted by Gasteiger charge is 2.28. The van der Waals surface area contributed by atoms with E-state index in [4.69, 9.17) is 27.9 Å². The highest BCUT2D eigenvalue weighted by molar-refractivity contribution is 6.33. The minimum Gasteiger partial charge on any atom is -0.494 e. The van der Waals surface area contributed by atoms with Crippen molar-refractivity contribution in [2.24, 2.45) is 0 Å². The van der Waals surface area contributed by atoms with E-state index >= 15 is 0 Å². The van der Waals surface area contributed by atoms with Crippen molar-refractivity contribution in [3.63, 3.8) is 0 Å². The number of hydrogen-bond donors (Lipinski definition) is 2. The third-order valence-corrected chi connectivity index (χ3v) is 5.44. The zero-order valence-electron chi connectivity index (χ0n) is 13.9. The molecule has 2 atom stereocenters. The molecule has 2 heterocycles. The number of nitrogens with zero attached hydrogens (tertiary/aromatic N) is 1. The van der Waals surface area contributed by atoms with Crippen LogP contribution < -0.4 is 10.1 Å². The second-order valence-corrected chi connectivity index (χ2v) is 7.39. The average Bonchev–Trinajstić information content (AvgIpc) is 2.74. The first-order chi connectivity index (χ1) is 12.1. The van der Waals surface area contributed by atoms with Crippen molar-refractivity contribution in [1.82, 2.24) is 9.88 Å². The molecule has 1 saturated heterocycles. The second-order valence-electron chi connectivity index (χ2n) is 6.52. The van der Waals surface area contributed by atoms with Crippen LogP contribution in [0, 0.1) is 0 Å². The lowest BCUT2D eigenvalue weighted by molar-refractivity contribution is 0.119. The second kappa shape index (κ2) is 6.69. The molecule has 0 saturated carbocycles. The molecule has 0 bridgehead atoms. The van der Waals surface area contributed by atoms with Gasteiger partial charge in [0.2, 0.25) is 0 Å². The van der Waals surface area contributed by atoms with E-state index in [2.05, 4.69) is 9.88 Å². The van der Waals surface area contributed by atoms with E-state index < -0.39 is 6.10 Å². The van der Waals surface area contributed by atoms with E-state index in [1.807, 2.05) is 30.3 Å². The largest absolute Gasteiger partial charge is 0.494 e. The minimum absolute atomic E-state index is 0.0359. The van der Waals surface area contributed by atoms with Crippen molar-refractivity contribution in [2.75, 3.05) is 20.2 Å². The van der Waals surface area contributed by atoms with Crippen molar-refractivity contribution < 1.29 is 9.84 Å². The fourth-order valence-corrected chi connectivity index (χ4v) is 4.28. The maximum Gasteiger partial charge on any atom is 0.144 e. The Hall–Kier alpha value is -1.46. The van der Waals surface area contributed by atoms with Gasteiger partial charge in [-0.15, -0.1) is 0 Å². The molecule has 4 rings (SSSR count). The predicted molar refractivity (Wildman–Crippen MR) is 103 cm³/mol. The Balaban J connectivity index is 2.09. The molecule has 3 aromatic rings. The molecule has 0 radical (unpaired) electrons. The number of halogens is 2. The Kier molecular flexibility index (Phi) is 4.54. The lowest BCUT2D eigenvalue weighted by Crippen LogP contribution is -2.31. The summed E-state index contributed by atoms with van der Waals surface area (Å²) in [6, 6.07) is 9.57. The van der Waals surface area contributed by atoms with E-state index in [1.54, 1.807) is 7.11 Å². The van der Waals surface area contributed by atoms with Crippen molar-refractivity contribution in [3.8, 4) is 5.75 Å². The molecular weight excluding hydrogens is 359 g/mol. The number of methoxy groups -OCH3 is 1. The summed E-state index contributed by atoms with van der Waals surface area (Å²) < 4.78 is 7.83. The van der Waals surface area contributed by atoms with E-state index in [-0.39, 0.29) is 6.04 Å². The molecule has 0 spiro atoms. The smallest absolute Gasteiger partial charge is 0.144 e. The van der Waals surface area contributed by atoms with Crippen LogP contribution in [0.1, 0.15) is 18.9 Å². The van der Waals surface area contributed by atoms with Crippen molar-refractivity contribution in [1.29, 1.82) is 0 Å². The zero-order chi connectivity index (χ0) is 17.6. The maximum absolute atomic E-state index is 10.7. The summed E-state index contributed by atoms with van der Waals surface area (Å²) >= 11 is 12.6. The Morgan fingerprint density at radius 1 is 1.16 bits per heavy atom. The molecule has 1 aliphatic rings. The number of nitrogens with one attached hydrogen (secondary N) is 1. The van der Waals surface area contributed by atoms with Gasteiger partial charge in [0.15, 0.2) is 0 Å². The molecule has 0 unspecified atom stereocenters. The SMILES string of the molecule is COc1cc(Cl)cc2c3cc(Cl)ccc3n([C@@H]3CCCNC[C@H]3O)c12. The van der Waals surface area contributed by atoms with E-state index in [0.29, 0.717) is 22.3 Å². The molecule has 1 aromatic heterocycles. The van der Waals surface area contributed by atoms with Gasteiger partial charge in [0.05, 0.1) is 24.8 Å². The molecule has 2 N–H and O–H groups in total. The molecule has 1 fully saturated rings. The van der Waals surface area contributed by atoms with Crippen LogP contribution in [-0.2, 0) is 0 Å². The average molecular weight is 379 g/mol. The van der Waals surface area contributed by atoms with Gasteiger partial charge in [-0.25, -0.2) is 0 Å². The van der Waals surface area contributed by atoms with Crippen LogP contribution in [0.5, 0.6) is 5.75 Å². The third-order valence-electron chi connectivity index (χ3n) is 4.99. The highest BCUT2D eigenvalue weighted by atomic mass is 35.5. The fourth-order valence-electron chi connectivity index (χ4n) is 3.90. The number of rotatable bonds is 2. The topological polar surface area (TPSA) is 46.4 Å². The normalized spacial score (nSPS) is 21.6. The highest BCUT2D eigenvalue weighted by Crippen LogP contribution is 2.41. The van der Waals surface area contributed by atoms with Crippen LogP contribution in [0.2, 0.25) is 10.0 Å².